The smallest absolute Gasteiger partial charge is 0.230 e. The maximum atomic E-state index is 12.2. The minimum Gasteiger partial charge on any atom is -0.486 e. The number of nitrogens with one attached hydrogen (secondary N) is 1. The van der Waals surface area contributed by atoms with Gasteiger partial charge in [0.1, 0.15) is 12.4 Å². The van der Waals surface area contributed by atoms with E-state index in [9.17, 15) is 4.79 Å². The number of nitrogens with zero attached hydrogens (tertiary/aromatic N) is 3. The van der Waals surface area contributed by atoms with Crippen LogP contribution in [0.25, 0.3) is 0 Å². The highest BCUT2D eigenvalue weighted by Crippen LogP contribution is 2.22. The van der Waals surface area contributed by atoms with Crippen LogP contribution in [0.3, 0.4) is 0 Å². The van der Waals surface area contributed by atoms with E-state index in [1.807, 2.05) is 54.0 Å². The van der Waals surface area contributed by atoms with Crippen LogP contribution < -0.4 is 10.1 Å². The highest BCUT2D eigenvalue weighted by Gasteiger charge is 2.14. The molecule has 0 unspecified atom stereocenters. The van der Waals surface area contributed by atoms with Gasteiger partial charge in [-0.2, -0.15) is 0 Å². The van der Waals surface area contributed by atoms with E-state index in [-0.39, 0.29) is 18.3 Å². The van der Waals surface area contributed by atoms with Gasteiger partial charge in [-0.15, -0.1) is 16.8 Å². The topological polar surface area (TPSA) is 69.0 Å². The van der Waals surface area contributed by atoms with Crippen molar-refractivity contribution in [3.8, 4) is 5.75 Å². The molecule has 8 heteroatoms. The molecule has 0 fully saturated rings. The normalized spacial score (nSPS) is 10.6. The van der Waals surface area contributed by atoms with Gasteiger partial charge in [-0.25, -0.2) is 0 Å². The Morgan fingerprint density at radius 1 is 1.26 bits per heavy atom. The number of aromatic nitrogens is 3. The second-order valence-electron chi connectivity index (χ2n) is 6.87. The molecule has 2 aromatic carbocycles. The number of amides is 1. The molecule has 1 aromatic heterocycles. The lowest BCUT2D eigenvalue weighted by molar-refractivity contribution is -0.118. The summed E-state index contributed by atoms with van der Waals surface area (Å²) < 4.78 is 7.74. The number of benzene rings is 2. The van der Waals surface area contributed by atoms with Crippen LogP contribution in [0.15, 0.2) is 66.3 Å². The van der Waals surface area contributed by atoms with Gasteiger partial charge in [0, 0.05) is 18.1 Å². The fourth-order valence-electron chi connectivity index (χ4n) is 2.87. The number of hydrogen-bond acceptors (Lipinski definition) is 5. The van der Waals surface area contributed by atoms with Crippen molar-refractivity contribution in [1.29, 1.82) is 0 Å². The van der Waals surface area contributed by atoms with Crippen molar-refractivity contribution >= 4 is 29.3 Å². The average Bonchev–Trinajstić information content (AvgIpc) is 3.16. The summed E-state index contributed by atoms with van der Waals surface area (Å²) in [4.78, 5) is 12.2. The fourth-order valence-corrected chi connectivity index (χ4v) is 3.79. The number of rotatable bonds is 11. The summed E-state index contributed by atoms with van der Waals surface area (Å²) in [5, 5.41) is 12.8. The van der Waals surface area contributed by atoms with E-state index in [1.54, 1.807) is 12.1 Å². The molecular formula is C23H25ClN4O2S. The summed E-state index contributed by atoms with van der Waals surface area (Å²) in [6.07, 6.45) is 2.57. The Morgan fingerprint density at radius 3 is 2.81 bits per heavy atom. The van der Waals surface area contributed by atoms with Crippen LogP contribution in [0.5, 0.6) is 5.75 Å². The van der Waals surface area contributed by atoms with Crippen LogP contribution in [0.4, 0.5) is 0 Å². The zero-order chi connectivity index (χ0) is 22.1. The molecule has 1 heterocycles. The van der Waals surface area contributed by atoms with Crippen LogP contribution in [0.1, 0.15) is 17.0 Å². The molecule has 0 bridgehead atoms. The first kappa shape index (κ1) is 22.9. The lowest BCUT2D eigenvalue weighted by Gasteiger charge is -2.10. The summed E-state index contributed by atoms with van der Waals surface area (Å²) in [5.41, 5.74) is 2.14. The lowest BCUT2D eigenvalue weighted by Crippen LogP contribution is -2.27. The number of carbonyl (C=O) groups excluding carboxylic acids is 1. The van der Waals surface area contributed by atoms with E-state index in [0.717, 1.165) is 12.0 Å². The first-order chi connectivity index (χ1) is 15.1. The molecule has 0 spiro atoms. The zero-order valence-electron chi connectivity index (χ0n) is 17.4. The summed E-state index contributed by atoms with van der Waals surface area (Å²) in [6, 6.07) is 15.6. The number of ether oxygens (including phenoxy) is 1. The van der Waals surface area contributed by atoms with Crippen LogP contribution in [0, 0.1) is 6.92 Å². The Balaban J connectivity index is 1.52. The highest BCUT2D eigenvalue weighted by atomic mass is 35.5. The van der Waals surface area contributed by atoms with Gasteiger partial charge in [0.25, 0.3) is 0 Å². The van der Waals surface area contributed by atoms with Gasteiger partial charge in [0.05, 0.1) is 5.75 Å². The zero-order valence-corrected chi connectivity index (χ0v) is 19.0. The van der Waals surface area contributed by atoms with Crippen molar-refractivity contribution in [3.63, 3.8) is 0 Å². The van der Waals surface area contributed by atoms with Gasteiger partial charge in [-0.05, 0) is 42.7 Å². The Hall–Kier alpha value is -2.77. The van der Waals surface area contributed by atoms with Crippen molar-refractivity contribution in [2.45, 2.75) is 31.7 Å². The average molecular weight is 457 g/mol. The van der Waals surface area contributed by atoms with Crippen LogP contribution in [-0.4, -0.2) is 33.0 Å². The standard InChI is InChI=1S/C23H25ClN4O2S/c1-3-13-28-21(15-30-19-9-10-20(24)17(2)14-19)26-27-23(28)31-16-22(29)25-12-11-18-7-5-4-6-8-18/h3-10,14H,1,11-13,15-16H2,2H3,(H,25,29). The first-order valence-corrected chi connectivity index (χ1v) is 11.3. The molecule has 0 saturated carbocycles. The number of allylic oxidation sites excluding steroid dienone is 1. The lowest BCUT2D eigenvalue weighted by atomic mass is 10.1. The Morgan fingerprint density at radius 2 is 2.06 bits per heavy atom. The molecule has 0 aliphatic heterocycles. The quantitative estimate of drug-likeness (QED) is 0.341. The van der Waals surface area contributed by atoms with Gasteiger partial charge >= 0.3 is 0 Å². The molecule has 1 amide bonds. The third-order valence-electron chi connectivity index (χ3n) is 4.51. The van der Waals surface area contributed by atoms with E-state index >= 15 is 0 Å². The van der Waals surface area contributed by atoms with Gasteiger partial charge in [0.2, 0.25) is 5.91 Å². The Labute approximate surface area is 191 Å². The van der Waals surface area contributed by atoms with E-state index in [1.165, 1.54) is 17.3 Å². The van der Waals surface area contributed by atoms with E-state index in [2.05, 4.69) is 22.1 Å². The predicted molar refractivity (Wildman–Crippen MR) is 125 cm³/mol. The predicted octanol–water partition coefficient (Wildman–Crippen LogP) is 4.46. The molecule has 0 aliphatic rings. The molecule has 0 atom stereocenters. The Bertz CT molecular complexity index is 1020. The number of thioether (sulfide) groups is 1. The van der Waals surface area contributed by atoms with Gasteiger partial charge in [-0.3, -0.25) is 9.36 Å². The molecule has 0 radical (unpaired) electrons. The van der Waals surface area contributed by atoms with Crippen molar-refractivity contribution < 1.29 is 9.53 Å². The monoisotopic (exact) mass is 456 g/mol. The molecule has 6 nitrogen and oxygen atoms in total. The minimum atomic E-state index is -0.0384. The fraction of sp³-hybridized carbons (Fsp3) is 0.261. The summed E-state index contributed by atoms with van der Waals surface area (Å²) in [5.74, 6) is 1.60. The van der Waals surface area contributed by atoms with Gasteiger partial charge in [-0.1, -0.05) is 59.8 Å². The van der Waals surface area contributed by atoms with Crippen molar-refractivity contribution in [2.24, 2.45) is 0 Å². The van der Waals surface area contributed by atoms with E-state index < -0.39 is 0 Å². The molecule has 0 aliphatic carbocycles. The maximum absolute atomic E-state index is 12.2. The van der Waals surface area contributed by atoms with Crippen LogP contribution >= 0.6 is 23.4 Å². The molecular weight excluding hydrogens is 432 g/mol. The van der Waals surface area contributed by atoms with Gasteiger partial charge in [0.15, 0.2) is 11.0 Å². The van der Waals surface area contributed by atoms with E-state index in [0.29, 0.717) is 34.8 Å². The third kappa shape index (κ3) is 6.87. The number of aryl methyl sites for hydroxylation is 1. The molecule has 162 valence electrons. The maximum Gasteiger partial charge on any atom is 0.230 e. The Kier molecular flexibility index (Phi) is 8.55. The van der Waals surface area contributed by atoms with Crippen LogP contribution in [0.2, 0.25) is 5.02 Å². The first-order valence-electron chi connectivity index (χ1n) is 9.92. The highest BCUT2D eigenvalue weighted by molar-refractivity contribution is 7.99. The van der Waals surface area contributed by atoms with Crippen LogP contribution in [-0.2, 0) is 24.4 Å². The SMILES string of the molecule is C=CCn1c(COc2ccc(Cl)c(C)c2)nnc1SCC(=O)NCCc1ccccc1. The number of hydrogen-bond donors (Lipinski definition) is 1. The summed E-state index contributed by atoms with van der Waals surface area (Å²) in [6.45, 7) is 7.11. The summed E-state index contributed by atoms with van der Waals surface area (Å²) >= 11 is 7.41. The van der Waals surface area contributed by atoms with Crippen molar-refractivity contribution in [2.75, 3.05) is 12.3 Å². The largest absolute Gasteiger partial charge is 0.486 e. The number of halogens is 1. The molecule has 3 rings (SSSR count). The molecule has 1 N–H and O–H groups in total. The van der Waals surface area contributed by atoms with Gasteiger partial charge < -0.3 is 10.1 Å². The number of carbonyl (C=O) groups is 1. The van der Waals surface area contributed by atoms with Crippen molar-refractivity contribution in [1.82, 2.24) is 20.1 Å². The third-order valence-corrected chi connectivity index (χ3v) is 5.90. The summed E-state index contributed by atoms with van der Waals surface area (Å²) in [7, 11) is 0. The van der Waals surface area contributed by atoms with Crippen molar-refractivity contribution in [3.05, 3.63) is 83.2 Å². The minimum absolute atomic E-state index is 0.0384. The molecule has 3 aromatic rings. The molecule has 31 heavy (non-hydrogen) atoms. The second kappa shape index (κ2) is 11.6. The second-order valence-corrected chi connectivity index (χ2v) is 8.22. The molecule has 0 saturated heterocycles. The van der Waals surface area contributed by atoms with E-state index in [4.69, 9.17) is 16.3 Å².